The predicted molar refractivity (Wildman–Crippen MR) is 106 cm³/mol. The SMILES string of the molecule is CCCCCCCCCC/C=C/C(O)C(CO)NC(=O)CCCCC. The molecule has 0 bridgehead atoms. The number of rotatable bonds is 17. The van der Waals surface area contributed by atoms with Crippen molar-refractivity contribution in [3.05, 3.63) is 12.2 Å². The van der Waals surface area contributed by atoms with E-state index >= 15 is 0 Å². The summed E-state index contributed by atoms with van der Waals surface area (Å²) in [6.45, 7) is 4.08. The quantitative estimate of drug-likeness (QED) is 0.266. The molecule has 0 spiro atoms. The van der Waals surface area contributed by atoms with E-state index in [-0.39, 0.29) is 12.5 Å². The van der Waals surface area contributed by atoms with Crippen molar-refractivity contribution >= 4 is 5.91 Å². The molecule has 0 aromatic rings. The number of nitrogens with one attached hydrogen (secondary N) is 1. The highest BCUT2D eigenvalue weighted by atomic mass is 16.3. The van der Waals surface area contributed by atoms with Gasteiger partial charge in [-0.15, -0.1) is 0 Å². The minimum Gasteiger partial charge on any atom is -0.394 e. The van der Waals surface area contributed by atoms with Crippen LogP contribution >= 0.6 is 0 Å². The second kappa shape index (κ2) is 17.9. The first-order valence-corrected chi connectivity index (χ1v) is 10.4. The molecule has 148 valence electrons. The summed E-state index contributed by atoms with van der Waals surface area (Å²) in [6, 6.07) is -0.607. The van der Waals surface area contributed by atoms with Crippen LogP contribution in [0.3, 0.4) is 0 Å². The summed E-state index contributed by atoms with van der Waals surface area (Å²) in [4.78, 5) is 11.8. The predicted octanol–water partition coefficient (Wildman–Crippen LogP) is 4.49. The van der Waals surface area contributed by atoms with Crippen LogP contribution < -0.4 is 5.32 Å². The fraction of sp³-hybridized carbons (Fsp3) is 0.857. The lowest BCUT2D eigenvalue weighted by molar-refractivity contribution is -0.123. The van der Waals surface area contributed by atoms with E-state index in [2.05, 4.69) is 19.2 Å². The molecule has 0 saturated carbocycles. The fourth-order valence-corrected chi connectivity index (χ4v) is 2.82. The normalized spacial score (nSPS) is 13.9. The Morgan fingerprint density at radius 3 is 2.08 bits per heavy atom. The summed E-state index contributed by atoms with van der Waals surface area (Å²) in [5, 5.41) is 22.2. The Balaban J connectivity index is 3.78. The number of carbonyl (C=O) groups excluding carboxylic acids is 1. The van der Waals surface area contributed by atoms with Crippen molar-refractivity contribution < 1.29 is 15.0 Å². The molecule has 2 atom stereocenters. The maximum Gasteiger partial charge on any atom is 0.220 e. The lowest BCUT2D eigenvalue weighted by Gasteiger charge is -2.19. The van der Waals surface area contributed by atoms with Gasteiger partial charge in [-0.3, -0.25) is 4.79 Å². The van der Waals surface area contributed by atoms with Crippen molar-refractivity contribution in [3.63, 3.8) is 0 Å². The largest absolute Gasteiger partial charge is 0.394 e. The van der Waals surface area contributed by atoms with Gasteiger partial charge in [-0.1, -0.05) is 83.8 Å². The molecule has 25 heavy (non-hydrogen) atoms. The third-order valence-electron chi connectivity index (χ3n) is 4.52. The first-order chi connectivity index (χ1) is 12.2. The number of allylic oxidation sites excluding steroid dienone is 1. The molecule has 0 aliphatic carbocycles. The number of amides is 1. The van der Waals surface area contributed by atoms with Crippen molar-refractivity contribution in [1.82, 2.24) is 5.32 Å². The van der Waals surface area contributed by atoms with Crippen molar-refractivity contribution in [2.75, 3.05) is 6.61 Å². The molecule has 0 aliphatic rings. The summed E-state index contributed by atoms with van der Waals surface area (Å²) in [5.74, 6) is -0.0944. The molecule has 4 heteroatoms. The molecule has 4 nitrogen and oxygen atoms in total. The van der Waals surface area contributed by atoms with E-state index in [9.17, 15) is 15.0 Å². The maximum absolute atomic E-state index is 11.8. The van der Waals surface area contributed by atoms with Crippen LogP contribution in [-0.2, 0) is 4.79 Å². The third kappa shape index (κ3) is 15.1. The zero-order chi connectivity index (χ0) is 18.8. The average molecular weight is 356 g/mol. The molecule has 0 fully saturated rings. The molecular formula is C21H41NO3. The lowest BCUT2D eigenvalue weighted by Crippen LogP contribution is -2.45. The number of hydrogen-bond acceptors (Lipinski definition) is 3. The number of carbonyl (C=O) groups is 1. The fourth-order valence-electron chi connectivity index (χ4n) is 2.82. The smallest absolute Gasteiger partial charge is 0.220 e. The van der Waals surface area contributed by atoms with Crippen LogP contribution in [0, 0.1) is 0 Å². The van der Waals surface area contributed by atoms with Gasteiger partial charge >= 0.3 is 0 Å². The highest BCUT2D eigenvalue weighted by Gasteiger charge is 2.17. The maximum atomic E-state index is 11.8. The summed E-state index contributed by atoms with van der Waals surface area (Å²) in [7, 11) is 0. The summed E-state index contributed by atoms with van der Waals surface area (Å²) < 4.78 is 0. The zero-order valence-electron chi connectivity index (χ0n) is 16.5. The van der Waals surface area contributed by atoms with E-state index in [0.717, 1.165) is 32.1 Å². The van der Waals surface area contributed by atoms with E-state index in [0.29, 0.717) is 6.42 Å². The van der Waals surface area contributed by atoms with Gasteiger partial charge in [-0.05, 0) is 19.3 Å². The van der Waals surface area contributed by atoms with Gasteiger partial charge in [0.15, 0.2) is 0 Å². The molecule has 0 heterocycles. The molecular weight excluding hydrogens is 314 g/mol. The molecule has 3 N–H and O–H groups in total. The Bertz CT molecular complexity index is 331. The van der Waals surface area contributed by atoms with Crippen LogP contribution in [0.25, 0.3) is 0 Å². The van der Waals surface area contributed by atoms with E-state index < -0.39 is 12.1 Å². The summed E-state index contributed by atoms with van der Waals surface area (Å²) in [5.41, 5.74) is 0. The van der Waals surface area contributed by atoms with Crippen LogP contribution in [-0.4, -0.2) is 34.9 Å². The van der Waals surface area contributed by atoms with Crippen LogP contribution in [0.1, 0.15) is 97.3 Å². The summed E-state index contributed by atoms with van der Waals surface area (Å²) in [6.07, 6.45) is 17.5. The minimum atomic E-state index is -0.825. The number of unbranched alkanes of at least 4 members (excludes halogenated alkanes) is 10. The molecule has 0 aromatic carbocycles. The van der Waals surface area contributed by atoms with Crippen LogP contribution in [0.5, 0.6) is 0 Å². The Kier molecular flexibility index (Phi) is 17.3. The van der Waals surface area contributed by atoms with E-state index in [1.807, 2.05) is 6.08 Å². The topological polar surface area (TPSA) is 69.6 Å². The van der Waals surface area contributed by atoms with Gasteiger partial charge in [0.05, 0.1) is 18.8 Å². The third-order valence-corrected chi connectivity index (χ3v) is 4.52. The van der Waals surface area contributed by atoms with Gasteiger partial charge in [0.2, 0.25) is 5.91 Å². The number of hydrogen-bond donors (Lipinski definition) is 3. The second-order valence-corrected chi connectivity index (χ2v) is 7.00. The van der Waals surface area contributed by atoms with Crippen molar-refractivity contribution in [3.8, 4) is 0 Å². The second-order valence-electron chi connectivity index (χ2n) is 7.00. The Morgan fingerprint density at radius 2 is 1.48 bits per heavy atom. The van der Waals surface area contributed by atoms with Crippen molar-refractivity contribution in [2.24, 2.45) is 0 Å². The van der Waals surface area contributed by atoms with Gasteiger partial charge in [0.25, 0.3) is 0 Å². The van der Waals surface area contributed by atoms with E-state index in [4.69, 9.17) is 0 Å². The Labute approximate surface area is 155 Å². The van der Waals surface area contributed by atoms with E-state index in [1.165, 1.54) is 44.9 Å². The molecule has 0 radical (unpaired) electrons. The zero-order valence-corrected chi connectivity index (χ0v) is 16.5. The standard InChI is InChI=1S/C21H41NO3/c1-3-5-7-8-9-10-11-12-13-15-16-20(24)19(18-23)22-21(25)17-14-6-4-2/h15-16,19-20,23-24H,3-14,17-18H2,1-2H3,(H,22,25)/b16-15+. The van der Waals surface area contributed by atoms with Gasteiger partial charge < -0.3 is 15.5 Å². The van der Waals surface area contributed by atoms with Gasteiger partial charge in [0.1, 0.15) is 0 Å². The highest BCUT2D eigenvalue weighted by Crippen LogP contribution is 2.10. The lowest BCUT2D eigenvalue weighted by atomic mass is 10.1. The number of aliphatic hydroxyl groups is 2. The highest BCUT2D eigenvalue weighted by molar-refractivity contribution is 5.76. The monoisotopic (exact) mass is 355 g/mol. The molecule has 0 aliphatic heterocycles. The van der Waals surface area contributed by atoms with E-state index in [1.54, 1.807) is 6.08 Å². The van der Waals surface area contributed by atoms with Crippen LogP contribution in [0.2, 0.25) is 0 Å². The first kappa shape index (κ1) is 24.1. The summed E-state index contributed by atoms with van der Waals surface area (Å²) >= 11 is 0. The van der Waals surface area contributed by atoms with Gasteiger partial charge in [-0.2, -0.15) is 0 Å². The number of aliphatic hydroxyl groups excluding tert-OH is 2. The van der Waals surface area contributed by atoms with Gasteiger partial charge in [0, 0.05) is 6.42 Å². The minimum absolute atomic E-state index is 0.0944. The molecule has 0 aromatic heterocycles. The molecule has 2 unspecified atom stereocenters. The van der Waals surface area contributed by atoms with Crippen LogP contribution in [0.4, 0.5) is 0 Å². The average Bonchev–Trinajstić information content (AvgIpc) is 2.61. The first-order valence-electron chi connectivity index (χ1n) is 10.4. The molecule has 1 amide bonds. The Hall–Kier alpha value is -0.870. The van der Waals surface area contributed by atoms with Crippen LogP contribution in [0.15, 0.2) is 12.2 Å². The van der Waals surface area contributed by atoms with Crippen molar-refractivity contribution in [1.29, 1.82) is 0 Å². The Morgan fingerprint density at radius 1 is 0.920 bits per heavy atom. The molecule has 0 rings (SSSR count). The van der Waals surface area contributed by atoms with Gasteiger partial charge in [-0.25, -0.2) is 0 Å². The van der Waals surface area contributed by atoms with Crippen molar-refractivity contribution in [2.45, 2.75) is 109 Å². The molecule has 0 saturated heterocycles.